The van der Waals surface area contributed by atoms with Gasteiger partial charge in [0.25, 0.3) is 0 Å². The van der Waals surface area contributed by atoms with Crippen LogP contribution in [-0.4, -0.2) is 34.0 Å². The molecule has 2 aliphatic rings. The first kappa shape index (κ1) is 17.7. The first-order chi connectivity index (χ1) is 10.7. The predicted octanol–water partition coefficient (Wildman–Crippen LogP) is 2.94. The van der Waals surface area contributed by atoms with E-state index in [0.717, 1.165) is 6.42 Å². The third kappa shape index (κ3) is 2.70. The Bertz CT molecular complexity index is 553. The van der Waals surface area contributed by atoms with Gasteiger partial charge in [0.2, 0.25) is 0 Å². The van der Waals surface area contributed by atoms with Crippen molar-refractivity contribution in [1.82, 2.24) is 0 Å². The molecule has 0 aromatic carbocycles. The third-order valence-electron chi connectivity index (χ3n) is 5.64. The predicted molar refractivity (Wildman–Crippen MR) is 82.6 cm³/mol. The fraction of sp³-hybridized carbons (Fsp3) is 0.647. The molecule has 0 unspecified atom stereocenters. The van der Waals surface area contributed by atoms with Crippen LogP contribution >= 0.6 is 0 Å². The first-order valence-electron chi connectivity index (χ1n) is 7.78. The average molecular weight is 324 g/mol. The molecule has 2 saturated carbocycles. The molecule has 0 amide bonds. The van der Waals surface area contributed by atoms with Crippen molar-refractivity contribution >= 4 is 11.9 Å². The average Bonchev–Trinajstić information content (AvgIpc) is 2.47. The molecule has 23 heavy (non-hydrogen) atoms. The SMILES string of the molecule is C=C(C(=O)O)[C@@H]1C[C@H](OC(C)=O)[C@@]2(C)CCCC(=C)[C@]2(OO)C1. The Labute approximate surface area is 135 Å². The highest BCUT2D eigenvalue weighted by atomic mass is 17.1. The molecule has 2 aliphatic carbocycles. The van der Waals surface area contributed by atoms with Gasteiger partial charge in [0.15, 0.2) is 0 Å². The Morgan fingerprint density at radius 3 is 2.57 bits per heavy atom. The van der Waals surface area contributed by atoms with E-state index in [1.165, 1.54) is 6.92 Å². The molecule has 6 heteroatoms. The van der Waals surface area contributed by atoms with Gasteiger partial charge in [-0.2, -0.15) is 0 Å². The molecule has 6 nitrogen and oxygen atoms in total. The van der Waals surface area contributed by atoms with Crippen molar-refractivity contribution in [3.05, 3.63) is 24.3 Å². The van der Waals surface area contributed by atoms with Crippen molar-refractivity contribution in [2.24, 2.45) is 11.3 Å². The van der Waals surface area contributed by atoms with Crippen LogP contribution in [0.4, 0.5) is 0 Å². The summed E-state index contributed by atoms with van der Waals surface area (Å²) in [6, 6.07) is 0. The van der Waals surface area contributed by atoms with E-state index in [4.69, 9.17) is 9.62 Å². The number of carboxylic acids is 1. The lowest BCUT2D eigenvalue weighted by atomic mass is 9.52. The summed E-state index contributed by atoms with van der Waals surface area (Å²) in [5, 5.41) is 19.0. The second-order valence-electron chi connectivity index (χ2n) is 6.86. The number of hydrogen-bond donors (Lipinski definition) is 2. The lowest BCUT2D eigenvalue weighted by Gasteiger charge is -2.58. The fourth-order valence-electron chi connectivity index (χ4n) is 4.25. The molecule has 2 rings (SSSR count). The van der Waals surface area contributed by atoms with E-state index in [1.807, 2.05) is 6.92 Å². The zero-order valence-corrected chi connectivity index (χ0v) is 13.6. The van der Waals surface area contributed by atoms with E-state index in [-0.39, 0.29) is 12.0 Å². The van der Waals surface area contributed by atoms with E-state index in [9.17, 15) is 20.0 Å². The van der Waals surface area contributed by atoms with Crippen LogP contribution in [-0.2, 0) is 19.2 Å². The van der Waals surface area contributed by atoms with Crippen molar-refractivity contribution in [3.8, 4) is 0 Å². The van der Waals surface area contributed by atoms with Gasteiger partial charge in [0, 0.05) is 17.9 Å². The monoisotopic (exact) mass is 324 g/mol. The van der Waals surface area contributed by atoms with E-state index in [0.29, 0.717) is 24.8 Å². The molecule has 2 fully saturated rings. The normalized spacial score (nSPS) is 36.9. The summed E-state index contributed by atoms with van der Waals surface area (Å²) in [6.07, 6.45) is 2.26. The summed E-state index contributed by atoms with van der Waals surface area (Å²) in [4.78, 5) is 27.8. The molecule has 128 valence electrons. The molecule has 0 radical (unpaired) electrons. The van der Waals surface area contributed by atoms with Crippen LogP contribution in [0.15, 0.2) is 24.3 Å². The number of carbonyl (C=O) groups is 2. The number of esters is 1. The Hall–Kier alpha value is -1.66. The lowest BCUT2D eigenvalue weighted by molar-refractivity contribution is -0.365. The number of carboxylic acid groups (broad SMARTS) is 1. The molecule has 0 aromatic rings. The summed E-state index contributed by atoms with van der Waals surface area (Å²) in [5.74, 6) is -2.01. The minimum atomic E-state index is -1.13. The van der Waals surface area contributed by atoms with E-state index < -0.39 is 35.0 Å². The maximum Gasteiger partial charge on any atom is 0.331 e. The highest BCUT2D eigenvalue weighted by Gasteiger charge is 2.63. The number of rotatable bonds is 4. The second-order valence-corrected chi connectivity index (χ2v) is 6.86. The smallest absolute Gasteiger partial charge is 0.331 e. The molecule has 0 aliphatic heterocycles. The van der Waals surface area contributed by atoms with Crippen LogP contribution in [0.2, 0.25) is 0 Å². The second kappa shape index (κ2) is 6.09. The van der Waals surface area contributed by atoms with Crippen molar-refractivity contribution in [1.29, 1.82) is 0 Å². The van der Waals surface area contributed by atoms with Crippen LogP contribution in [0, 0.1) is 11.3 Å². The molecule has 0 spiro atoms. The van der Waals surface area contributed by atoms with Crippen molar-refractivity contribution in [2.45, 2.75) is 57.7 Å². The largest absolute Gasteiger partial charge is 0.478 e. The van der Waals surface area contributed by atoms with Crippen molar-refractivity contribution < 1.29 is 29.6 Å². The first-order valence-corrected chi connectivity index (χ1v) is 7.78. The quantitative estimate of drug-likeness (QED) is 0.271. The minimum Gasteiger partial charge on any atom is -0.478 e. The maximum atomic E-state index is 11.5. The highest BCUT2D eigenvalue weighted by Crippen LogP contribution is 2.59. The number of hydrogen-bond acceptors (Lipinski definition) is 5. The molecule has 0 bridgehead atoms. The van der Waals surface area contributed by atoms with Gasteiger partial charge in [-0.15, -0.1) is 0 Å². The third-order valence-corrected chi connectivity index (χ3v) is 5.64. The topological polar surface area (TPSA) is 93.1 Å². The molecule has 4 atom stereocenters. The van der Waals surface area contributed by atoms with Gasteiger partial charge in [-0.3, -0.25) is 10.1 Å². The summed E-state index contributed by atoms with van der Waals surface area (Å²) >= 11 is 0. The van der Waals surface area contributed by atoms with Crippen molar-refractivity contribution in [2.75, 3.05) is 0 Å². The summed E-state index contributed by atoms with van der Waals surface area (Å²) in [6.45, 7) is 10.9. The van der Waals surface area contributed by atoms with Crippen LogP contribution in [0.1, 0.15) is 46.0 Å². The summed E-state index contributed by atoms with van der Waals surface area (Å²) in [7, 11) is 0. The Morgan fingerprint density at radius 2 is 2.04 bits per heavy atom. The molecule has 2 N–H and O–H groups in total. The zero-order valence-electron chi connectivity index (χ0n) is 13.6. The van der Waals surface area contributed by atoms with Gasteiger partial charge in [-0.25, -0.2) is 9.68 Å². The summed E-state index contributed by atoms with van der Waals surface area (Å²) in [5.41, 5.74) is -1.06. The summed E-state index contributed by atoms with van der Waals surface area (Å²) < 4.78 is 5.49. The Kier molecular flexibility index (Phi) is 4.69. The lowest BCUT2D eigenvalue weighted by Crippen LogP contribution is -2.62. The van der Waals surface area contributed by atoms with Crippen LogP contribution < -0.4 is 0 Å². The van der Waals surface area contributed by atoms with Gasteiger partial charge in [0.1, 0.15) is 11.7 Å². The van der Waals surface area contributed by atoms with Gasteiger partial charge in [0.05, 0.1) is 0 Å². The van der Waals surface area contributed by atoms with E-state index in [2.05, 4.69) is 13.2 Å². The molecule has 0 aromatic heterocycles. The molecule has 0 saturated heterocycles. The van der Waals surface area contributed by atoms with Gasteiger partial charge >= 0.3 is 11.9 Å². The van der Waals surface area contributed by atoms with Crippen LogP contribution in [0.3, 0.4) is 0 Å². The van der Waals surface area contributed by atoms with Crippen LogP contribution in [0.5, 0.6) is 0 Å². The van der Waals surface area contributed by atoms with E-state index in [1.54, 1.807) is 0 Å². The van der Waals surface area contributed by atoms with Crippen LogP contribution in [0.25, 0.3) is 0 Å². The Balaban J connectivity index is 2.49. The highest BCUT2D eigenvalue weighted by molar-refractivity contribution is 5.86. The number of ether oxygens (including phenoxy) is 1. The molecular weight excluding hydrogens is 300 g/mol. The maximum absolute atomic E-state index is 11.5. The zero-order chi connectivity index (χ0) is 17.4. The van der Waals surface area contributed by atoms with Gasteiger partial charge in [-0.1, -0.05) is 20.1 Å². The molecule has 0 heterocycles. The van der Waals surface area contributed by atoms with E-state index >= 15 is 0 Å². The number of aliphatic carboxylic acids is 1. The molecular formula is C17H24O6. The van der Waals surface area contributed by atoms with Gasteiger partial charge in [-0.05, 0) is 43.6 Å². The van der Waals surface area contributed by atoms with Gasteiger partial charge < -0.3 is 9.84 Å². The Morgan fingerprint density at radius 1 is 1.39 bits per heavy atom. The minimum absolute atomic E-state index is 0.0269. The van der Waals surface area contributed by atoms with Crippen molar-refractivity contribution in [3.63, 3.8) is 0 Å². The standard InChI is InChI=1S/C17H24O6/c1-10-6-5-7-16(4)14(22-12(3)18)8-13(11(2)15(19)20)9-17(10,16)23-21/h13-14,21H,1-2,5-9H2,3-4H3,(H,19,20)/t13-,14+,16-,17-/m1/s1. The fourth-order valence-corrected chi connectivity index (χ4v) is 4.25. The number of fused-ring (bicyclic) bond motifs is 1. The number of carbonyl (C=O) groups excluding carboxylic acids is 1.